The fraction of sp³-hybridized carbons (Fsp3) is 0.0667. The Morgan fingerprint density at radius 3 is 2.54 bits per heavy atom. The summed E-state index contributed by atoms with van der Waals surface area (Å²) in [6.07, 6.45) is 0. The zero-order valence-corrected chi connectivity index (χ0v) is 13.0. The highest BCUT2D eigenvalue weighted by molar-refractivity contribution is 6.31. The van der Waals surface area contributed by atoms with Gasteiger partial charge in [-0.15, -0.1) is 0 Å². The van der Waals surface area contributed by atoms with Crippen molar-refractivity contribution in [3.05, 3.63) is 68.5 Å². The van der Waals surface area contributed by atoms with Gasteiger partial charge in [0.1, 0.15) is 0 Å². The first kappa shape index (κ1) is 17.4. The van der Waals surface area contributed by atoms with Crippen molar-refractivity contribution >= 4 is 34.9 Å². The largest absolute Gasteiger partial charge is 0.465 e. The molecule has 9 heteroatoms. The third-order valence-corrected chi connectivity index (χ3v) is 3.30. The van der Waals surface area contributed by atoms with Crippen molar-refractivity contribution in [3.8, 4) is 0 Å². The van der Waals surface area contributed by atoms with Crippen molar-refractivity contribution in [1.29, 1.82) is 0 Å². The molecular weight excluding hydrogens is 343 g/mol. The summed E-state index contributed by atoms with van der Waals surface area (Å²) >= 11 is 5.62. The Bertz CT molecular complexity index is 841. The van der Waals surface area contributed by atoms with Crippen molar-refractivity contribution < 1.29 is 23.6 Å². The normalized spacial score (nSPS) is 10.1. The Balaban J connectivity index is 2.41. The van der Waals surface area contributed by atoms with E-state index in [2.05, 4.69) is 10.1 Å². The zero-order chi connectivity index (χ0) is 17.9. The second-order valence-corrected chi connectivity index (χ2v) is 4.98. The van der Waals surface area contributed by atoms with Gasteiger partial charge in [-0.2, -0.15) is 0 Å². The lowest BCUT2D eigenvalue weighted by Gasteiger charge is -2.08. The quantitative estimate of drug-likeness (QED) is 0.516. The molecule has 0 unspecified atom stereocenters. The zero-order valence-electron chi connectivity index (χ0n) is 12.2. The molecule has 0 aromatic heterocycles. The maximum Gasteiger partial charge on any atom is 0.338 e. The highest BCUT2D eigenvalue weighted by atomic mass is 35.5. The van der Waals surface area contributed by atoms with E-state index < -0.39 is 28.3 Å². The van der Waals surface area contributed by atoms with Crippen LogP contribution in [0.25, 0.3) is 0 Å². The van der Waals surface area contributed by atoms with Crippen molar-refractivity contribution in [1.82, 2.24) is 0 Å². The maximum absolute atomic E-state index is 13.8. The van der Waals surface area contributed by atoms with Crippen LogP contribution in [0.2, 0.25) is 5.02 Å². The molecule has 0 aliphatic rings. The van der Waals surface area contributed by atoms with E-state index in [1.165, 1.54) is 18.2 Å². The van der Waals surface area contributed by atoms with Gasteiger partial charge in [0.15, 0.2) is 5.82 Å². The number of ether oxygens (including phenoxy) is 1. The minimum Gasteiger partial charge on any atom is -0.465 e. The van der Waals surface area contributed by atoms with Gasteiger partial charge in [0.25, 0.3) is 11.6 Å². The smallest absolute Gasteiger partial charge is 0.338 e. The van der Waals surface area contributed by atoms with Crippen molar-refractivity contribution in [2.24, 2.45) is 0 Å². The summed E-state index contributed by atoms with van der Waals surface area (Å²) < 4.78 is 18.3. The molecular formula is C15H10ClFN2O5. The van der Waals surface area contributed by atoms with Crippen molar-refractivity contribution in [2.75, 3.05) is 12.4 Å². The van der Waals surface area contributed by atoms with Gasteiger partial charge >= 0.3 is 5.97 Å². The topological polar surface area (TPSA) is 98.5 Å². The summed E-state index contributed by atoms with van der Waals surface area (Å²) in [5, 5.41) is 13.0. The van der Waals surface area contributed by atoms with E-state index in [1.54, 1.807) is 0 Å². The number of non-ortho nitro benzene ring substituents is 1. The van der Waals surface area contributed by atoms with Gasteiger partial charge in [-0.05, 0) is 18.2 Å². The summed E-state index contributed by atoms with van der Waals surface area (Å²) in [7, 11) is 1.10. The first-order chi connectivity index (χ1) is 11.3. The van der Waals surface area contributed by atoms with Crippen molar-refractivity contribution in [2.45, 2.75) is 0 Å². The van der Waals surface area contributed by atoms with Crippen LogP contribution in [0.3, 0.4) is 0 Å². The molecule has 0 aliphatic heterocycles. The lowest BCUT2D eigenvalue weighted by atomic mass is 10.1. The average Bonchev–Trinajstić information content (AvgIpc) is 2.57. The van der Waals surface area contributed by atoms with Crippen LogP contribution in [0, 0.1) is 15.9 Å². The van der Waals surface area contributed by atoms with Gasteiger partial charge < -0.3 is 10.1 Å². The molecule has 0 atom stereocenters. The summed E-state index contributed by atoms with van der Waals surface area (Å²) in [5.41, 5.74) is -1.05. The third kappa shape index (κ3) is 3.66. The molecule has 0 fully saturated rings. The van der Waals surface area contributed by atoms with Crippen LogP contribution in [0.4, 0.5) is 15.8 Å². The second kappa shape index (κ2) is 7.05. The number of anilines is 1. The molecule has 24 heavy (non-hydrogen) atoms. The Labute approximate surface area is 140 Å². The molecule has 2 aromatic rings. The number of amides is 1. The number of halogens is 2. The Hall–Kier alpha value is -3.00. The van der Waals surface area contributed by atoms with Crippen LogP contribution < -0.4 is 5.32 Å². The summed E-state index contributed by atoms with van der Waals surface area (Å²) in [4.78, 5) is 34.0. The van der Waals surface area contributed by atoms with Crippen LogP contribution in [0.5, 0.6) is 0 Å². The fourth-order valence-corrected chi connectivity index (χ4v) is 2.05. The minimum atomic E-state index is -0.846. The van der Waals surface area contributed by atoms with E-state index >= 15 is 0 Å². The Morgan fingerprint density at radius 1 is 1.25 bits per heavy atom. The molecule has 124 valence electrons. The number of hydrogen-bond acceptors (Lipinski definition) is 5. The second-order valence-electron chi connectivity index (χ2n) is 4.57. The average molecular weight is 353 g/mol. The summed E-state index contributed by atoms with van der Waals surface area (Å²) in [6, 6.07) is 7.05. The first-order valence-electron chi connectivity index (χ1n) is 6.46. The Morgan fingerprint density at radius 2 is 1.92 bits per heavy atom. The molecule has 0 saturated carbocycles. The van der Waals surface area contributed by atoms with Gasteiger partial charge in [0, 0.05) is 17.7 Å². The lowest BCUT2D eigenvalue weighted by molar-refractivity contribution is -0.384. The molecule has 1 amide bonds. The SMILES string of the molecule is COC(=O)c1cc(C(=O)Nc2cccc(Cl)c2F)cc([N+](=O)[O-])c1. The van der Waals surface area contributed by atoms with Gasteiger partial charge in [-0.25, -0.2) is 9.18 Å². The number of benzene rings is 2. The molecule has 0 heterocycles. The van der Waals surface area contributed by atoms with Gasteiger partial charge in [-0.3, -0.25) is 14.9 Å². The van der Waals surface area contributed by atoms with Crippen LogP contribution in [-0.2, 0) is 4.74 Å². The molecule has 2 aromatic carbocycles. The van der Waals surface area contributed by atoms with Gasteiger partial charge in [-0.1, -0.05) is 17.7 Å². The van der Waals surface area contributed by atoms with Crippen LogP contribution in [0.15, 0.2) is 36.4 Å². The highest BCUT2D eigenvalue weighted by Gasteiger charge is 2.19. The number of esters is 1. The highest BCUT2D eigenvalue weighted by Crippen LogP contribution is 2.24. The molecule has 2 rings (SSSR count). The predicted octanol–water partition coefficient (Wildman–Crippen LogP) is 3.43. The number of rotatable bonds is 4. The molecule has 0 saturated heterocycles. The number of nitro groups is 1. The van der Waals surface area contributed by atoms with E-state index in [9.17, 15) is 24.1 Å². The van der Waals surface area contributed by atoms with Gasteiger partial charge in [0.2, 0.25) is 0 Å². The molecule has 0 radical (unpaired) electrons. The van der Waals surface area contributed by atoms with Crippen molar-refractivity contribution in [3.63, 3.8) is 0 Å². The fourth-order valence-electron chi connectivity index (χ4n) is 1.88. The molecule has 0 bridgehead atoms. The van der Waals surface area contributed by atoms with Crippen LogP contribution in [0.1, 0.15) is 20.7 Å². The predicted molar refractivity (Wildman–Crippen MR) is 83.8 cm³/mol. The standard InChI is InChI=1S/C15H10ClFN2O5/c1-24-15(21)9-5-8(6-10(7-9)19(22)23)14(20)18-12-4-2-3-11(16)13(12)17/h2-7H,1H3,(H,18,20). The molecule has 0 spiro atoms. The summed E-state index contributed by atoms with van der Waals surface area (Å²) in [6.45, 7) is 0. The van der Waals surface area contributed by atoms with Crippen LogP contribution >= 0.6 is 11.6 Å². The number of nitro benzene ring substituents is 1. The number of nitrogens with one attached hydrogen (secondary N) is 1. The summed E-state index contributed by atoms with van der Waals surface area (Å²) in [5.74, 6) is -2.53. The van der Waals surface area contributed by atoms with E-state index in [4.69, 9.17) is 11.6 Å². The molecule has 7 nitrogen and oxygen atoms in total. The number of carbonyl (C=O) groups excluding carboxylic acids is 2. The number of hydrogen-bond donors (Lipinski definition) is 1. The number of methoxy groups -OCH3 is 1. The van der Waals surface area contributed by atoms with Crippen LogP contribution in [-0.4, -0.2) is 23.9 Å². The van der Waals surface area contributed by atoms with Gasteiger partial charge in [0.05, 0.1) is 28.3 Å². The van der Waals surface area contributed by atoms with E-state index in [0.29, 0.717) is 0 Å². The van der Waals surface area contributed by atoms with E-state index in [0.717, 1.165) is 25.3 Å². The van der Waals surface area contributed by atoms with E-state index in [-0.39, 0.29) is 21.8 Å². The first-order valence-corrected chi connectivity index (χ1v) is 6.84. The third-order valence-electron chi connectivity index (χ3n) is 3.01. The molecule has 1 N–H and O–H groups in total. The monoisotopic (exact) mass is 352 g/mol. The lowest BCUT2D eigenvalue weighted by Crippen LogP contribution is -2.15. The molecule has 0 aliphatic carbocycles. The Kier molecular flexibility index (Phi) is 5.10. The maximum atomic E-state index is 13.8. The number of nitrogens with zero attached hydrogens (tertiary/aromatic N) is 1. The minimum absolute atomic E-state index is 0.177. The van der Waals surface area contributed by atoms with E-state index in [1.807, 2.05) is 0 Å². The number of carbonyl (C=O) groups is 2.